The summed E-state index contributed by atoms with van der Waals surface area (Å²) in [4.78, 5) is 33.4. The molecule has 1 aliphatic rings. The number of esters is 1. The summed E-state index contributed by atoms with van der Waals surface area (Å²) in [7, 11) is 0. The summed E-state index contributed by atoms with van der Waals surface area (Å²) in [5.41, 5.74) is 2.38. The fourth-order valence-electron chi connectivity index (χ4n) is 5.85. The summed E-state index contributed by atoms with van der Waals surface area (Å²) >= 11 is 1.17. The maximum absolute atomic E-state index is 14.5. The number of rotatable bonds is 8. The second-order valence-corrected chi connectivity index (χ2v) is 12.1. The lowest BCUT2D eigenvalue weighted by Crippen LogP contribution is -2.40. The van der Waals surface area contributed by atoms with Gasteiger partial charge in [-0.1, -0.05) is 102 Å². The van der Waals surface area contributed by atoms with E-state index in [2.05, 4.69) is 0 Å². The number of benzene rings is 5. The lowest BCUT2D eigenvalue weighted by Gasteiger charge is -2.25. The van der Waals surface area contributed by atoms with Crippen LogP contribution in [0.3, 0.4) is 0 Å². The molecule has 6 aromatic rings. The first kappa shape index (κ1) is 31.0. The highest BCUT2D eigenvalue weighted by molar-refractivity contribution is 7.07. The third-order valence-corrected chi connectivity index (χ3v) is 9.09. The Morgan fingerprint density at radius 2 is 1.62 bits per heavy atom. The Morgan fingerprint density at radius 3 is 2.40 bits per heavy atom. The third kappa shape index (κ3) is 5.84. The number of carbonyl (C=O) groups excluding carboxylic acids is 1. The summed E-state index contributed by atoms with van der Waals surface area (Å²) in [6, 6.07) is 31.8. The first-order chi connectivity index (χ1) is 23.4. The van der Waals surface area contributed by atoms with Gasteiger partial charge in [-0.05, 0) is 53.6 Å². The van der Waals surface area contributed by atoms with E-state index in [9.17, 15) is 18.4 Å². The van der Waals surface area contributed by atoms with Crippen LogP contribution in [0.1, 0.15) is 35.2 Å². The lowest BCUT2D eigenvalue weighted by atomic mass is 9.93. The van der Waals surface area contributed by atoms with E-state index in [1.165, 1.54) is 34.1 Å². The van der Waals surface area contributed by atoms with Gasteiger partial charge in [-0.15, -0.1) is 0 Å². The largest absolute Gasteiger partial charge is 0.488 e. The van der Waals surface area contributed by atoms with Gasteiger partial charge in [0.1, 0.15) is 24.0 Å². The smallest absolute Gasteiger partial charge is 0.338 e. The molecule has 0 bridgehead atoms. The van der Waals surface area contributed by atoms with Crippen LogP contribution < -0.4 is 19.6 Å². The summed E-state index contributed by atoms with van der Waals surface area (Å²) < 4.78 is 42.1. The fraction of sp³-hybridized carbons (Fsp3) is 0.103. The Bertz CT molecular complexity index is 2380. The zero-order valence-electron chi connectivity index (χ0n) is 25.7. The molecule has 238 valence electrons. The standard InChI is InChI=1S/C39H28F2N2O4S/c1-2-46-38(45)34-35(25-11-4-3-5-12-25)42-39-43(36(34)26-16-19-28(40)20-17-26)37(44)33(48-39)22-30-29-14-8-6-10-24(29)18-21-32(30)47-23-27-13-7-9-15-31(27)41/h3-22,36H,2,23H2,1H3/b33-22-/t36-/m0/s1. The molecule has 1 aromatic heterocycles. The van der Waals surface area contributed by atoms with Crippen molar-refractivity contribution in [3.05, 3.63) is 174 Å². The van der Waals surface area contributed by atoms with Crippen molar-refractivity contribution in [3.8, 4) is 5.75 Å². The number of fused-ring (bicyclic) bond motifs is 2. The highest BCUT2D eigenvalue weighted by atomic mass is 32.1. The number of ether oxygens (including phenoxy) is 2. The van der Waals surface area contributed by atoms with Crippen molar-refractivity contribution >= 4 is 39.9 Å². The maximum atomic E-state index is 14.5. The van der Waals surface area contributed by atoms with E-state index in [0.29, 0.717) is 43.0 Å². The molecule has 6 nitrogen and oxygen atoms in total. The summed E-state index contributed by atoms with van der Waals surface area (Å²) in [5, 5.41) is 1.76. The predicted octanol–water partition coefficient (Wildman–Crippen LogP) is 6.95. The van der Waals surface area contributed by atoms with Crippen LogP contribution >= 0.6 is 11.3 Å². The number of carbonyl (C=O) groups is 1. The van der Waals surface area contributed by atoms with Crippen molar-refractivity contribution in [1.82, 2.24) is 4.57 Å². The van der Waals surface area contributed by atoms with Crippen LogP contribution in [0.25, 0.3) is 22.5 Å². The first-order valence-electron chi connectivity index (χ1n) is 15.3. The van der Waals surface area contributed by atoms with E-state index < -0.39 is 23.4 Å². The predicted molar refractivity (Wildman–Crippen MR) is 182 cm³/mol. The molecule has 0 amide bonds. The molecule has 2 heterocycles. The average Bonchev–Trinajstić information content (AvgIpc) is 3.42. The Hall–Kier alpha value is -5.67. The molecule has 48 heavy (non-hydrogen) atoms. The van der Waals surface area contributed by atoms with Crippen LogP contribution in [0.5, 0.6) is 5.75 Å². The van der Waals surface area contributed by atoms with Gasteiger partial charge in [0.05, 0.1) is 28.5 Å². The van der Waals surface area contributed by atoms with Gasteiger partial charge in [0.2, 0.25) is 0 Å². The molecule has 1 aliphatic heterocycles. The molecule has 0 spiro atoms. The van der Waals surface area contributed by atoms with Gasteiger partial charge in [-0.2, -0.15) is 0 Å². The first-order valence-corrected chi connectivity index (χ1v) is 16.2. The summed E-state index contributed by atoms with van der Waals surface area (Å²) in [6.07, 6.45) is 1.75. The molecule has 9 heteroatoms. The Balaban J connectivity index is 1.46. The van der Waals surface area contributed by atoms with Crippen LogP contribution in [0.15, 0.2) is 131 Å². The van der Waals surface area contributed by atoms with Crippen molar-refractivity contribution in [1.29, 1.82) is 0 Å². The third-order valence-electron chi connectivity index (χ3n) is 8.11. The molecule has 1 atom stereocenters. The topological polar surface area (TPSA) is 69.9 Å². The minimum absolute atomic E-state index is 0.0129. The Labute approximate surface area is 278 Å². The minimum Gasteiger partial charge on any atom is -0.488 e. The van der Waals surface area contributed by atoms with Gasteiger partial charge in [-0.3, -0.25) is 9.36 Å². The fourth-order valence-corrected chi connectivity index (χ4v) is 6.84. The molecule has 0 N–H and O–H groups in total. The SMILES string of the molecule is CCOC(=O)C1=C(c2ccccc2)N=c2s/c(=C\c3c(OCc4ccccc4F)ccc4ccccc34)c(=O)n2[C@H]1c1ccc(F)cc1. The van der Waals surface area contributed by atoms with E-state index in [0.717, 1.165) is 10.8 Å². The Morgan fingerprint density at radius 1 is 0.896 bits per heavy atom. The molecule has 0 unspecified atom stereocenters. The highest BCUT2D eigenvalue weighted by Crippen LogP contribution is 2.35. The molecule has 0 fully saturated rings. The van der Waals surface area contributed by atoms with E-state index >= 15 is 0 Å². The summed E-state index contributed by atoms with van der Waals surface area (Å²) in [6.45, 7) is 1.81. The summed E-state index contributed by atoms with van der Waals surface area (Å²) in [5.74, 6) is -0.979. The normalized spacial score (nSPS) is 14.5. The second-order valence-electron chi connectivity index (χ2n) is 11.1. The maximum Gasteiger partial charge on any atom is 0.338 e. The number of aromatic nitrogens is 1. The quantitative estimate of drug-likeness (QED) is 0.166. The molecule has 5 aromatic carbocycles. The van der Waals surface area contributed by atoms with Crippen LogP contribution in [0.4, 0.5) is 8.78 Å². The van der Waals surface area contributed by atoms with E-state index in [4.69, 9.17) is 14.5 Å². The van der Waals surface area contributed by atoms with Gasteiger partial charge in [0.25, 0.3) is 5.56 Å². The van der Waals surface area contributed by atoms with Gasteiger partial charge in [-0.25, -0.2) is 18.6 Å². The van der Waals surface area contributed by atoms with Crippen molar-refractivity contribution in [2.45, 2.75) is 19.6 Å². The number of halogens is 2. The lowest BCUT2D eigenvalue weighted by molar-refractivity contribution is -0.138. The number of thiazole rings is 1. The van der Waals surface area contributed by atoms with Crippen molar-refractivity contribution in [2.24, 2.45) is 4.99 Å². The van der Waals surface area contributed by atoms with Crippen molar-refractivity contribution in [2.75, 3.05) is 6.61 Å². The van der Waals surface area contributed by atoms with E-state index in [-0.39, 0.29) is 24.6 Å². The van der Waals surface area contributed by atoms with Crippen molar-refractivity contribution < 1.29 is 23.0 Å². The van der Waals surface area contributed by atoms with Gasteiger partial charge < -0.3 is 9.47 Å². The molecule has 7 rings (SSSR count). The van der Waals surface area contributed by atoms with Gasteiger partial charge in [0, 0.05) is 16.7 Å². The van der Waals surface area contributed by atoms with E-state index in [1.54, 1.807) is 49.4 Å². The second kappa shape index (κ2) is 13.2. The number of nitrogens with zero attached hydrogens (tertiary/aromatic N) is 2. The van der Waals surface area contributed by atoms with Crippen molar-refractivity contribution in [3.63, 3.8) is 0 Å². The molecule has 0 radical (unpaired) electrons. The minimum atomic E-state index is -0.942. The number of hydrogen-bond donors (Lipinski definition) is 0. The van der Waals surface area contributed by atoms with Crippen LogP contribution in [-0.4, -0.2) is 17.1 Å². The molecular weight excluding hydrogens is 631 g/mol. The molecule has 0 saturated carbocycles. The van der Waals surface area contributed by atoms with Crippen LogP contribution in [0, 0.1) is 11.6 Å². The Kier molecular flexibility index (Phi) is 8.52. The average molecular weight is 659 g/mol. The monoisotopic (exact) mass is 658 g/mol. The highest BCUT2D eigenvalue weighted by Gasteiger charge is 2.35. The molecular formula is C39H28F2N2O4S. The van der Waals surface area contributed by atoms with Crippen LogP contribution in [0.2, 0.25) is 0 Å². The molecule has 0 saturated heterocycles. The zero-order valence-corrected chi connectivity index (χ0v) is 26.5. The van der Waals surface area contributed by atoms with Crippen LogP contribution in [-0.2, 0) is 16.1 Å². The number of hydrogen-bond acceptors (Lipinski definition) is 6. The molecule has 0 aliphatic carbocycles. The van der Waals surface area contributed by atoms with E-state index in [1.807, 2.05) is 60.7 Å². The van der Waals surface area contributed by atoms with Gasteiger partial charge in [0.15, 0.2) is 4.80 Å². The zero-order chi connectivity index (χ0) is 33.2. The van der Waals surface area contributed by atoms with Gasteiger partial charge >= 0.3 is 5.97 Å².